The standard InChI is InChI=1S/C25H27N5O2S/c1-3-18-10-12-19(13-11-18)29-23(32)20-8-4-5-9-21(20)30-24(29)26-27-25(30)33-16-22(31)28-14-6-7-17(2)15-28/h4-5,8-13,17H,3,6-7,14-16H2,1-2H3. The van der Waals surface area contributed by atoms with Crippen molar-refractivity contribution >= 4 is 34.3 Å². The van der Waals surface area contributed by atoms with Gasteiger partial charge in [0.25, 0.3) is 5.56 Å². The van der Waals surface area contributed by atoms with Crippen LogP contribution in [-0.4, -0.2) is 48.8 Å². The number of aromatic nitrogens is 4. The molecule has 0 spiro atoms. The molecule has 1 aliphatic rings. The van der Waals surface area contributed by atoms with Gasteiger partial charge >= 0.3 is 0 Å². The number of fused-ring (bicyclic) bond motifs is 3. The van der Waals surface area contributed by atoms with Crippen LogP contribution in [0.4, 0.5) is 0 Å². The maximum absolute atomic E-state index is 13.4. The molecule has 8 heteroatoms. The summed E-state index contributed by atoms with van der Waals surface area (Å²) in [5.41, 5.74) is 2.55. The molecule has 170 valence electrons. The third-order valence-electron chi connectivity index (χ3n) is 6.33. The van der Waals surface area contributed by atoms with Crippen LogP contribution in [0.5, 0.6) is 0 Å². The number of thioether (sulfide) groups is 1. The lowest BCUT2D eigenvalue weighted by atomic mass is 10.0. The molecule has 1 fully saturated rings. The minimum absolute atomic E-state index is 0.121. The highest BCUT2D eigenvalue weighted by Gasteiger charge is 2.23. The zero-order chi connectivity index (χ0) is 22.9. The molecule has 5 rings (SSSR count). The highest BCUT2D eigenvalue weighted by molar-refractivity contribution is 7.99. The van der Waals surface area contributed by atoms with E-state index in [1.54, 1.807) is 4.57 Å². The number of benzene rings is 2. The van der Waals surface area contributed by atoms with E-state index in [2.05, 4.69) is 24.0 Å². The molecule has 33 heavy (non-hydrogen) atoms. The van der Waals surface area contributed by atoms with Crippen LogP contribution in [0, 0.1) is 5.92 Å². The van der Waals surface area contributed by atoms with Crippen molar-refractivity contribution in [3.05, 3.63) is 64.4 Å². The van der Waals surface area contributed by atoms with E-state index in [1.165, 1.54) is 23.7 Å². The summed E-state index contributed by atoms with van der Waals surface area (Å²) in [6.07, 6.45) is 3.16. The number of rotatable bonds is 5. The van der Waals surface area contributed by atoms with Gasteiger partial charge in [0.15, 0.2) is 5.16 Å². The summed E-state index contributed by atoms with van der Waals surface area (Å²) in [6.45, 7) is 5.93. The Bertz CT molecular complexity index is 1380. The Balaban J connectivity index is 1.56. The van der Waals surface area contributed by atoms with E-state index in [0.717, 1.165) is 37.1 Å². The van der Waals surface area contributed by atoms with Gasteiger partial charge in [-0.1, -0.05) is 49.9 Å². The Hall–Kier alpha value is -3.13. The van der Waals surface area contributed by atoms with Crippen LogP contribution in [0.25, 0.3) is 22.4 Å². The van der Waals surface area contributed by atoms with Gasteiger partial charge in [0.1, 0.15) is 0 Å². The Morgan fingerprint density at radius 2 is 1.91 bits per heavy atom. The number of nitrogens with zero attached hydrogens (tertiary/aromatic N) is 5. The van der Waals surface area contributed by atoms with Crippen molar-refractivity contribution in [2.75, 3.05) is 18.8 Å². The van der Waals surface area contributed by atoms with Crippen molar-refractivity contribution in [2.45, 2.75) is 38.3 Å². The lowest BCUT2D eigenvalue weighted by Gasteiger charge is -2.30. The Morgan fingerprint density at radius 1 is 1.12 bits per heavy atom. The van der Waals surface area contributed by atoms with Gasteiger partial charge in [-0.05, 0) is 55.0 Å². The van der Waals surface area contributed by atoms with Crippen molar-refractivity contribution in [1.29, 1.82) is 0 Å². The van der Waals surface area contributed by atoms with Gasteiger partial charge in [-0.2, -0.15) is 0 Å². The Morgan fingerprint density at radius 3 is 2.67 bits per heavy atom. The number of amides is 1. The van der Waals surface area contributed by atoms with Crippen molar-refractivity contribution < 1.29 is 4.79 Å². The quantitative estimate of drug-likeness (QED) is 0.421. The lowest BCUT2D eigenvalue weighted by Crippen LogP contribution is -2.40. The largest absolute Gasteiger partial charge is 0.342 e. The molecular weight excluding hydrogens is 434 g/mol. The zero-order valence-corrected chi connectivity index (χ0v) is 19.7. The summed E-state index contributed by atoms with van der Waals surface area (Å²) in [5.74, 6) is 1.41. The molecule has 1 amide bonds. The molecular formula is C25H27N5O2S. The highest BCUT2D eigenvalue weighted by Crippen LogP contribution is 2.24. The third kappa shape index (κ3) is 4.04. The van der Waals surface area contributed by atoms with E-state index in [-0.39, 0.29) is 11.5 Å². The van der Waals surface area contributed by atoms with Crippen molar-refractivity contribution in [3.8, 4) is 5.69 Å². The second-order valence-electron chi connectivity index (χ2n) is 8.67. The molecule has 3 heterocycles. The number of hydrogen-bond acceptors (Lipinski definition) is 5. The first kappa shape index (κ1) is 21.7. The molecule has 2 aromatic carbocycles. The fourth-order valence-electron chi connectivity index (χ4n) is 4.52. The van der Waals surface area contributed by atoms with Crippen molar-refractivity contribution in [3.63, 3.8) is 0 Å². The van der Waals surface area contributed by atoms with Gasteiger partial charge in [-0.15, -0.1) is 10.2 Å². The van der Waals surface area contributed by atoms with Gasteiger partial charge in [0.05, 0.1) is 22.3 Å². The molecule has 0 N–H and O–H groups in total. The monoisotopic (exact) mass is 461 g/mol. The minimum Gasteiger partial charge on any atom is -0.342 e. The maximum atomic E-state index is 13.4. The maximum Gasteiger partial charge on any atom is 0.267 e. The first-order valence-corrected chi connectivity index (χ1v) is 12.4. The van der Waals surface area contributed by atoms with E-state index in [4.69, 9.17) is 0 Å². The fraction of sp³-hybridized carbons (Fsp3) is 0.360. The summed E-state index contributed by atoms with van der Waals surface area (Å²) in [6, 6.07) is 15.4. The summed E-state index contributed by atoms with van der Waals surface area (Å²) in [5, 5.41) is 9.96. The van der Waals surface area contributed by atoms with E-state index >= 15 is 0 Å². The number of para-hydroxylation sites is 1. The fourth-order valence-corrected chi connectivity index (χ4v) is 5.36. The predicted molar refractivity (Wildman–Crippen MR) is 131 cm³/mol. The molecule has 4 aromatic rings. The van der Waals surface area contributed by atoms with Gasteiger partial charge in [-0.25, -0.2) is 4.57 Å². The zero-order valence-electron chi connectivity index (χ0n) is 18.9. The smallest absolute Gasteiger partial charge is 0.267 e. The minimum atomic E-state index is -0.135. The second-order valence-corrected chi connectivity index (χ2v) is 9.61. The first-order valence-electron chi connectivity index (χ1n) is 11.5. The van der Waals surface area contributed by atoms with Crippen molar-refractivity contribution in [1.82, 2.24) is 24.1 Å². The number of hydrogen-bond donors (Lipinski definition) is 0. The lowest BCUT2D eigenvalue weighted by molar-refractivity contribution is -0.130. The van der Waals surface area contributed by atoms with Crippen molar-refractivity contribution in [2.24, 2.45) is 5.92 Å². The summed E-state index contributed by atoms with van der Waals surface area (Å²) < 4.78 is 3.49. The van der Waals surface area contributed by atoms with Gasteiger partial charge in [-0.3, -0.25) is 14.0 Å². The molecule has 1 unspecified atom stereocenters. The van der Waals surface area contributed by atoms with Crippen LogP contribution in [-0.2, 0) is 11.2 Å². The molecule has 2 aromatic heterocycles. The average molecular weight is 462 g/mol. The molecule has 0 bridgehead atoms. The van der Waals surface area contributed by atoms with Crippen LogP contribution >= 0.6 is 11.8 Å². The van der Waals surface area contributed by atoms with E-state index in [9.17, 15) is 9.59 Å². The van der Waals surface area contributed by atoms with Crippen LogP contribution in [0.15, 0.2) is 58.5 Å². The van der Waals surface area contributed by atoms with Crippen LogP contribution in [0.2, 0.25) is 0 Å². The normalized spacial score (nSPS) is 16.5. The van der Waals surface area contributed by atoms with Gasteiger partial charge in [0, 0.05) is 13.1 Å². The van der Waals surface area contributed by atoms with Crippen LogP contribution in [0.1, 0.15) is 32.3 Å². The predicted octanol–water partition coefficient (Wildman–Crippen LogP) is 3.95. The van der Waals surface area contributed by atoms with Crippen LogP contribution in [0.3, 0.4) is 0 Å². The summed E-state index contributed by atoms with van der Waals surface area (Å²) in [7, 11) is 0. The molecule has 0 aliphatic carbocycles. The molecule has 1 saturated heterocycles. The second kappa shape index (κ2) is 9.02. The number of piperidine rings is 1. The third-order valence-corrected chi connectivity index (χ3v) is 7.25. The average Bonchev–Trinajstić information content (AvgIpc) is 3.27. The first-order chi connectivity index (χ1) is 16.1. The molecule has 0 radical (unpaired) electrons. The van der Waals surface area contributed by atoms with E-state index in [0.29, 0.717) is 28.0 Å². The van der Waals surface area contributed by atoms with Gasteiger partial charge in [0.2, 0.25) is 11.7 Å². The topological polar surface area (TPSA) is 72.5 Å². The molecule has 1 aliphatic heterocycles. The molecule has 1 atom stereocenters. The van der Waals surface area contributed by atoms with E-state index < -0.39 is 0 Å². The summed E-state index contributed by atoms with van der Waals surface area (Å²) in [4.78, 5) is 28.2. The van der Waals surface area contributed by atoms with Crippen LogP contribution < -0.4 is 5.56 Å². The highest BCUT2D eigenvalue weighted by atomic mass is 32.2. The number of aryl methyl sites for hydroxylation is 1. The number of carbonyl (C=O) groups excluding carboxylic acids is 1. The SMILES string of the molecule is CCc1ccc(-n2c(=O)c3ccccc3n3c(SCC(=O)N4CCCC(C)C4)nnc23)cc1. The molecule has 7 nitrogen and oxygen atoms in total. The Labute approximate surface area is 196 Å². The Kier molecular flexibility index (Phi) is 5.93. The number of carbonyl (C=O) groups is 1. The van der Waals surface area contributed by atoms with Gasteiger partial charge < -0.3 is 4.90 Å². The summed E-state index contributed by atoms with van der Waals surface area (Å²) >= 11 is 1.37. The molecule has 0 saturated carbocycles. The number of likely N-dealkylation sites (tertiary alicyclic amines) is 1. The van der Waals surface area contributed by atoms with E-state index in [1.807, 2.05) is 57.8 Å².